The van der Waals surface area contributed by atoms with E-state index in [2.05, 4.69) is 84.5 Å². The van der Waals surface area contributed by atoms with Gasteiger partial charge in [-0.3, -0.25) is 14.6 Å². The minimum atomic E-state index is 0. The predicted molar refractivity (Wildman–Crippen MR) is 145 cm³/mol. The number of benzene rings is 1. The lowest BCUT2D eigenvalue weighted by molar-refractivity contribution is 0.140. The molecule has 2 atom stereocenters. The van der Waals surface area contributed by atoms with E-state index in [0.29, 0.717) is 12.0 Å². The summed E-state index contributed by atoms with van der Waals surface area (Å²) in [5.41, 5.74) is 6.64. The second-order valence-electron chi connectivity index (χ2n) is 9.28. The van der Waals surface area contributed by atoms with Crippen LogP contribution in [0.4, 0.5) is 0 Å². The number of aryl methyl sites for hydroxylation is 2. The molecule has 7 heteroatoms. The highest BCUT2D eigenvalue weighted by atomic mass is 127. The molecule has 0 saturated carbocycles. The van der Waals surface area contributed by atoms with Gasteiger partial charge >= 0.3 is 0 Å². The molecule has 0 radical (unpaired) electrons. The van der Waals surface area contributed by atoms with Crippen LogP contribution in [0.15, 0.2) is 29.3 Å². The lowest BCUT2D eigenvalue weighted by Crippen LogP contribution is -2.51. The Kier molecular flexibility index (Phi) is 10.0. The molecule has 0 amide bonds. The van der Waals surface area contributed by atoms with Crippen molar-refractivity contribution >= 4 is 29.9 Å². The Bertz CT molecular complexity index is 904. The SMILES string of the molecule is CN=C(NCC(C(C)C)N1CCc2ccccc2C1)NC(C)Cc1c(C)nn(C)c1C.I. The van der Waals surface area contributed by atoms with Gasteiger partial charge in [0.1, 0.15) is 0 Å². The molecule has 1 aliphatic rings. The highest BCUT2D eigenvalue weighted by molar-refractivity contribution is 14.0. The number of hydrogen-bond acceptors (Lipinski definition) is 3. The van der Waals surface area contributed by atoms with E-state index in [-0.39, 0.29) is 30.0 Å². The van der Waals surface area contributed by atoms with Crippen molar-refractivity contribution in [2.24, 2.45) is 18.0 Å². The Morgan fingerprint density at radius 3 is 2.44 bits per heavy atom. The molecule has 0 fully saturated rings. The molecule has 1 aromatic heterocycles. The summed E-state index contributed by atoms with van der Waals surface area (Å²) in [4.78, 5) is 7.11. The van der Waals surface area contributed by atoms with E-state index < -0.39 is 0 Å². The van der Waals surface area contributed by atoms with Crippen molar-refractivity contribution in [1.82, 2.24) is 25.3 Å². The van der Waals surface area contributed by atoms with Crippen molar-refractivity contribution in [2.75, 3.05) is 20.1 Å². The lowest BCUT2D eigenvalue weighted by atomic mass is 9.95. The van der Waals surface area contributed by atoms with Crippen LogP contribution in [0.2, 0.25) is 0 Å². The standard InChI is InChI=1S/C25H40N6.HI/c1-17(2)24(31-13-12-21-10-8-9-11-22(21)16-31)15-27-25(26-6)28-18(3)14-23-19(4)29-30(7)20(23)5;/h8-11,17-18,24H,12-16H2,1-7H3,(H2,26,27,28);1H. The second kappa shape index (κ2) is 12.0. The number of aliphatic imine (C=N–C) groups is 1. The molecule has 6 nitrogen and oxygen atoms in total. The Balaban J connectivity index is 0.00000363. The van der Waals surface area contributed by atoms with Gasteiger partial charge in [0.05, 0.1) is 5.69 Å². The summed E-state index contributed by atoms with van der Waals surface area (Å²) in [7, 11) is 3.86. The van der Waals surface area contributed by atoms with Gasteiger partial charge in [0, 0.05) is 51.5 Å². The molecular formula is C25H41IN6. The average Bonchev–Trinajstić information content (AvgIpc) is 2.98. The molecule has 0 aliphatic carbocycles. The van der Waals surface area contributed by atoms with E-state index in [9.17, 15) is 0 Å². The first-order valence-corrected chi connectivity index (χ1v) is 11.6. The van der Waals surface area contributed by atoms with Gasteiger partial charge in [-0.25, -0.2) is 0 Å². The first-order valence-electron chi connectivity index (χ1n) is 11.6. The molecule has 2 aromatic rings. The first kappa shape index (κ1) is 26.6. The maximum absolute atomic E-state index is 4.55. The fraction of sp³-hybridized carbons (Fsp3) is 0.600. The summed E-state index contributed by atoms with van der Waals surface area (Å²) < 4.78 is 1.97. The molecule has 2 heterocycles. The van der Waals surface area contributed by atoms with E-state index in [1.165, 1.54) is 22.4 Å². The first-order chi connectivity index (χ1) is 14.8. The Hall–Kier alpha value is -1.61. The second-order valence-corrected chi connectivity index (χ2v) is 9.28. The van der Waals surface area contributed by atoms with Crippen LogP contribution in [0, 0.1) is 19.8 Å². The Morgan fingerprint density at radius 1 is 1.16 bits per heavy atom. The van der Waals surface area contributed by atoms with Crippen molar-refractivity contribution < 1.29 is 0 Å². The summed E-state index contributed by atoms with van der Waals surface area (Å²) in [6, 6.07) is 9.59. The number of aromatic nitrogens is 2. The maximum atomic E-state index is 4.55. The highest BCUT2D eigenvalue weighted by Crippen LogP contribution is 2.23. The number of halogens is 1. The number of nitrogens with zero attached hydrogens (tertiary/aromatic N) is 4. The van der Waals surface area contributed by atoms with Gasteiger partial charge in [-0.2, -0.15) is 5.10 Å². The molecule has 0 bridgehead atoms. The minimum absolute atomic E-state index is 0. The summed E-state index contributed by atoms with van der Waals surface area (Å²) >= 11 is 0. The fourth-order valence-electron chi connectivity index (χ4n) is 4.69. The van der Waals surface area contributed by atoms with Crippen LogP contribution in [0.1, 0.15) is 48.8 Å². The molecule has 0 saturated heterocycles. The summed E-state index contributed by atoms with van der Waals surface area (Å²) in [6.07, 6.45) is 2.07. The zero-order valence-corrected chi connectivity index (χ0v) is 23.1. The molecule has 2 N–H and O–H groups in total. The van der Waals surface area contributed by atoms with E-state index >= 15 is 0 Å². The van der Waals surface area contributed by atoms with E-state index in [1.807, 2.05) is 18.8 Å². The van der Waals surface area contributed by atoms with Crippen molar-refractivity contribution in [3.05, 3.63) is 52.3 Å². The number of guanidine groups is 1. The molecule has 178 valence electrons. The van der Waals surface area contributed by atoms with Crippen LogP contribution >= 0.6 is 24.0 Å². The third kappa shape index (κ3) is 6.47. The molecule has 2 unspecified atom stereocenters. The smallest absolute Gasteiger partial charge is 0.191 e. The molecule has 1 aromatic carbocycles. The van der Waals surface area contributed by atoms with Gasteiger partial charge in [0.2, 0.25) is 0 Å². The molecule has 32 heavy (non-hydrogen) atoms. The van der Waals surface area contributed by atoms with E-state index in [0.717, 1.165) is 44.1 Å². The van der Waals surface area contributed by atoms with Crippen LogP contribution in [0.3, 0.4) is 0 Å². The van der Waals surface area contributed by atoms with Crippen LogP contribution < -0.4 is 10.6 Å². The van der Waals surface area contributed by atoms with Gasteiger partial charge in [-0.15, -0.1) is 24.0 Å². The third-order valence-electron chi connectivity index (χ3n) is 6.65. The fourth-order valence-corrected chi connectivity index (χ4v) is 4.69. The maximum Gasteiger partial charge on any atom is 0.191 e. The van der Waals surface area contributed by atoms with Gasteiger partial charge < -0.3 is 10.6 Å². The Labute approximate surface area is 211 Å². The van der Waals surface area contributed by atoms with Crippen LogP contribution in [-0.2, 0) is 26.4 Å². The van der Waals surface area contributed by atoms with Crippen molar-refractivity contribution in [3.63, 3.8) is 0 Å². The molecular weight excluding hydrogens is 511 g/mol. The van der Waals surface area contributed by atoms with Crippen LogP contribution in [0.25, 0.3) is 0 Å². The van der Waals surface area contributed by atoms with Gasteiger partial charge in [0.25, 0.3) is 0 Å². The third-order valence-corrected chi connectivity index (χ3v) is 6.65. The normalized spacial score (nSPS) is 16.3. The van der Waals surface area contributed by atoms with Gasteiger partial charge in [-0.1, -0.05) is 38.1 Å². The van der Waals surface area contributed by atoms with E-state index in [4.69, 9.17) is 0 Å². The van der Waals surface area contributed by atoms with Gasteiger partial charge in [-0.05, 0) is 56.2 Å². The average molecular weight is 553 g/mol. The zero-order chi connectivity index (χ0) is 22.5. The molecule has 1 aliphatic heterocycles. The quantitative estimate of drug-likeness (QED) is 0.312. The van der Waals surface area contributed by atoms with Crippen molar-refractivity contribution in [1.29, 1.82) is 0 Å². The van der Waals surface area contributed by atoms with Gasteiger partial charge in [0.15, 0.2) is 5.96 Å². The number of fused-ring (bicyclic) bond motifs is 1. The van der Waals surface area contributed by atoms with E-state index in [1.54, 1.807) is 0 Å². The monoisotopic (exact) mass is 552 g/mol. The summed E-state index contributed by atoms with van der Waals surface area (Å²) in [5, 5.41) is 11.7. The van der Waals surface area contributed by atoms with Crippen LogP contribution in [-0.4, -0.2) is 52.9 Å². The highest BCUT2D eigenvalue weighted by Gasteiger charge is 2.26. The van der Waals surface area contributed by atoms with Crippen molar-refractivity contribution in [2.45, 2.75) is 66.1 Å². The number of hydrogen-bond donors (Lipinski definition) is 2. The minimum Gasteiger partial charge on any atom is -0.355 e. The molecule has 3 rings (SSSR count). The zero-order valence-electron chi connectivity index (χ0n) is 20.8. The summed E-state index contributed by atoms with van der Waals surface area (Å²) in [5.74, 6) is 1.43. The topological polar surface area (TPSA) is 57.5 Å². The molecule has 0 spiro atoms. The number of rotatable bonds is 7. The lowest BCUT2D eigenvalue weighted by Gasteiger charge is -2.38. The van der Waals surface area contributed by atoms with Crippen molar-refractivity contribution in [3.8, 4) is 0 Å². The van der Waals surface area contributed by atoms with Crippen LogP contribution in [0.5, 0.6) is 0 Å². The number of nitrogens with one attached hydrogen (secondary N) is 2. The predicted octanol–water partition coefficient (Wildman–Crippen LogP) is 3.83. The largest absolute Gasteiger partial charge is 0.355 e. The summed E-state index contributed by atoms with van der Waals surface area (Å²) in [6.45, 7) is 14.1. The Morgan fingerprint density at radius 2 is 1.84 bits per heavy atom.